The van der Waals surface area contributed by atoms with Gasteiger partial charge >= 0.3 is 0 Å². The number of hydrogen-bond donors (Lipinski definition) is 2. The van der Waals surface area contributed by atoms with Crippen LogP contribution in [0.4, 0.5) is 0 Å². The second-order valence-corrected chi connectivity index (χ2v) is 6.66. The van der Waals surface area contributed by atoms with Crippen LogP contribution in [0.5, 0.6) is 0 Å². The molecule has 0 radical (unpaired) electrons. The first-order valence-corrected chi connectivity index (χ1v) is 7.27. The Kier molecular flexibility index (Phi) is 6.59. The van der Waals surface area contributed by atoms with Gasteiger partial charge in [-0.1, -0.05) is 6.07 Å². The Morgan fingerprint density at radius 1 is 1.00 bits per heavy atom. The Bertz CT molecular complexity index is 321. The molecule has 0 saturated carbocycles. The van der Waals surface area contributed by atoms with Crippen LogP contribution in [0.15, 0.2) is 30.6 Å². The van der Waals surface area contributed by atoms with E-state index in [0.29, 0.717) is 6.10 Å². The minimum atomic E-state index is 0.252. The van der Waals surface area contributed by atoms with Gasteiger partial charge in [0.2, 0.25) is 0 Å². The van der Waals surface area contributed by atoms with E-state index in [9.17, 15) is 0 Å². The van der Waals surface area contributed by atoms with Crippen molar-refractivity contribution in [3.8, 4) is 0 Å². The monoisotopic (exact) mass is 279 g/mol. The Balaban J connectivity index is 0.000000168. The third-order valence-electron chi connectivity index (χ3n) is 2.88. The lowest BCUT2D eigenvalue weighted by Gasteiger charge is -2.42. The molecule has 1 aromatic rings. The molecule has 3 rings (SSSR count). The van der Waals surface area contributed by atoms with Crippen molar-refractivity contribution in [3.05, 3.63) is 30.6 Å². The summed E-state index contributed by atoms with van der Waals surface area (Å²) in [7, 11) is 0. The number of ether oxygens (including phenoxy) is 1. The summed E-state index contributed by atoms with van der Waals surface area (Å²) in [6, 6.07) is 5.72. The predicted molar refractivity (Wildman–Crippen MR) is 83.8 cm³/mol. The number of aromatic nitrogens is 1. The maximum absolute atomic E-state index is 4.71. The van der Waals surface area contributed by atoms with E-state index in [0.717, 1.165) is 19.7 Å². The number of epoxide rings is 1. The Labute approximate surface area is 123 Å². The van der Waals surface area contributed by atoms with E-state index in [1.807, 2.05) is 18.2 Å². The summed E-state index contributed by atoms with van der Waals surface area (Å²) in [5, 5.41) is 6.97. The molecule has 2 aliphatic rings. The molecule has 0 aliphatic carbocycles. The zero-order chi connectivity index (χ0) is 15.1. The van der Waals surface area contributed by atoms with E-state index in [1.165, 1.54) is 0 Å². The van der Waals surface area contributed by atoms with E-state index in [-0.39, 0.29) is 11.1 Å². The Hall–Kier alpha value is -0.970. The van der Waals surface area contributed by atoms with Gasteiger partial charge in [0.15, 0.2) is 0 Å². The quantitative estimate of drug-likeness (QED) is 0.715. The van der Waals surface area contributed by atoms with Crippen molar-refractivity contribution in [2.24, 2.45) is 0 Å². The van der Waals surface area contributed by atoms with Crippen LogP contribution in [0, 0.1) is 0 Å². The van der Waals surface area contributed by atoms with Crippen LogP contribution >= 0.6 is 0 Å². The number of pyridine rings is 1. The summed E-state index contributed by atoms with van der Waals surface area (Å²) >= 11 is 0. The van der Waals surface area contributed by atoms with Gasteiger partial charge < -0.3 is 15.4 Å². The molecule has 2 aliphatic heterocycles. The normalized spacial score (nSPS) is 25.4. The maximum atomic E-state index is 4.71. The van der Waals surface area contributed by atoms with Crippen LogP contribution in [-0.4, -0.2) is 41.9 Å². The lowest BCUT2D eigenvalue weighted by Crippen LogP contribution is -2.65. The molecule has 114 valence electrons. The number of nitrogens with one attached hydrogen (secondary N) is 2. The summed E-state index contributed by atoms with van der Waals surface area (Å²) in [4.78, 5) is 3.78. The summed E-state index contributed by atoms with van der Waals surface area (Å²) in [5.74, 6) is 0. The molecule has 0 amide bonds. The molecule has 0 bridgehead atoms. The van der Waals surface area contributed by atoms with Gasteiger partial charge in [0.25, 0.3) is 0 Å². The van der Waals surface area contributed by atoms with Crippen LogP contribution in [0.3, 0.4) is 0 Å². The molecule has 2 saturated heterocycles. The van der Waals surface area contributed by atoms with E-state index >= 15 is 0 Å². The average molecular weight is 279 g/mol. The zero-order valence-electron chi connectivity index (χ0n) is 13.4. The molecule has 4 nitrogen and oxygen atoms in total. The van der Waals surface area contributed by atoms with Crippen LogP contribution in [0.25, 0.3) is 0 Å². The fourth-order valence-electron chi connectivity index (χ4n) is 2.10. The fourth-order valence-corrected chi connectivity index (χ4v) is 2.10. The Morgan fingerprint density at radius 2 is 1.45 bits per heavy atom. The van der Waals surface area contributed by atoms with Crippen LogP contribution in [0.2, 0.25) is 0 Å². The van der Waals surface area contributed by atoms with Crippen LogP contribution in [-0.2, 0) is 4.74 Å². The largest absolute Gasteiger partial charge is 0.373 e. The summed E-state index contributed by atoms with van der Waals surface area (Å²) in [6.07, 6.45) is 4.08. The maximum Gasteiger partial charge on any atom is 0.0781 e. The molecule has 2 fully saturated rings. The lowest BCUT2D eigenvalue weighted by atomic mass is 9.93. The minimum Gasteiger partial charge on any atom is -0.373 e. The third kappa shape index (κ3) is 9.02. The molecule has 0 aromatic carbocycles. The molecular weight excluding hydrogens is 250 g/mol. The molecule has 2 N–H and O–H groups in total. The number of rotatable bonds is 0. The van der Waals surface area contributed by atoms with Gasteiger partial charge in [0.1, 0.15) is 0 Å². The van der Waals surface area contributed by atoms with Crippen molar-refractivity contribution in [2.45, 2.75) is 51.8 Å². The van der Waals surface area contributed by atoms with Crippen LogP contribution < -0.4 is 10.6 Å². The number of piperazine rings is 1. The van der Waals surface area contributed by atoms with Crippen molar-refractivity contribution < 1.29 is 4.74 Å². The molecule has 3 heterocycles. The first-order valence-electron chi connectivity index (χ1n) is 7.27. The standard InChI is InChI=1S/C8H18N2.C5H5N.C3H6O/c1-7(2)5-9-6-8(3,4)10-7;1-2-4-6-5-3-1;1-3-2-4-3/h9-10H,5-6H2,1-4H3;1-5H;3H,2H2,1H3. The minimum absolute atomic E-state index is 0.252. The van der Waals surface area contributed by atoms with Crippen LogP contribution in [0.1, 0.15) is 34.6 Å². The SMILES string of the molecule is CC1(C)CNCC(C)(C)N1.CC1CO1.c1ccncc1. The smallest absolute Gasteiger partial charge is 0.0781 e. The van der Waals surface area contributed by atoms with Gasteiger partial charge in [-0.2, -0.15) is 0 Å². The predicted octanol–water partition coefficient (Wildman–Crippen LogP) is 2.22. The lowest BCUT2D eigenvalue weighted by molar-refractivity contribution is 0.201. The topological polar surface area (TPSA) is 49.5 Å². The molecule has 1 unspecified atom stereocenters. The molecule has 20 heavy (non-hydrogen) atoms. The highest BCUT2D eigenvalue weighted by Gasteiger charge is 2.31. The second kappa shape index (κ2) is 7.72. The van der Waals surface area contributed by atoms with E-state index in [2.05, 4.69) is 50.2 Å². The van der Waals surface area contributed by atoms with Gasteiger partial charge in [-0.3, -0.25) is 4.98 Å². The van der Waals surface area contributed by atoms with Crippen molar-refractivity contribution >= 4 is 0 Å². The van der Waals surface area contributed by atoms with Crippen molar-refractivity contribution in [1.29, 1.82) is 0 Å². The van der Waals surface area contributed by atoms with E-state index in [1.54, 1.807) is 12.4 Å². The molecule has 1 atom stereocenters. The molecule has 0 spiro atoms. The highest BCUT2D eigenvalue weighted by atomic mass is 16.6. The summed E-state index contributed by atoms with van der Waals surface area (Å²) < 4.78 is 4.71. The molecule has 1 aromatic heterocycles. The van der Waals surface area contributed by atoms with E-state index in [4.69, 9.17) is 4.74 Å². The van der Waals surface area contributed by atoms with E-state index < -0.39 is 0 Å². The highest BCUT2D eigenvalue weighted by Crippen LogP contribution is 2.13. The van der Waals surface area contributed by atoms with Gasteiger partial charge in [-0.05, 0) is 46.8 Å². The van der Waals surface area contributed by atoms with Gasteiger partial charge in [0.05, 0.1) is 12.7 Å². The fraction of sp³-hybridized carbons (Fsp3) is 0.688. The summed E-state index contributed by atoms with van der Waals surface area (Å²) in [6.45, 7) is 14.1. The number of hydrogen-bond acceptors (Lipinski definition) is 4. The first kappa shape index (κ1) is 17.1. The van der Waals surface area contributed by atoms with Gasteiger partial charge in [-0.25, -0.2) is 0 Å². The highest BCUT2D eigenvalue weighted by molar-refractivity contribution is 4.95. The molecular formula is C16H29N3O. The van der Waals surface area contributed by atoms with Crippen molar-refractivity contribution in [2.75, 3.05) is 19.7 Å². The summed E-state index contributed by atoms with van der Waals surface area (Å²) in [5.41, 5.74) is 0.503. The Morgan fingerprint density at radius 3 is 1.60 bits per heavy atom. The molecule has 4 heteroatoms. The zero-order valence-corrected chi connectivity index (χ0v) is 13.4. The average Bonchev–Trinajstić information content (AvgIpc) is 3.12. The van der Waals surface area contributed by atoms with Gasteiger partial charge in [-0.15, -0.1) is 0 Å². The number of nitrogens with zero attached hydrogens (tertiary/aromatic N) is 1. The van der Waals surface area contributed by atoms with Crippen molar-refractivity contribution in [3.63, 3.8) is 0 Å². The third-order valence-corrected chi connectivity index (χ3v) is 2.88. The van der Waals surface area contributed by atoms with Crippen molar-refractivity contribution in [1.82, 2.24) is 15.6 Å². The second-order valence-electron chi connectivity index (χ2n) is 6.66. The van der Waals surface area contributed by atoms with Gasteiger partial charge in [0, 0.05) is 36.6 Å². The first-order chi connectivity index (χ1) is 9.31.